The fraction of sp³-hybridized carbons (Fsp3) is 0.263. The smallest absolute Gasteiger partial charge is 0.240 e. The number of hydrogen-bond donors (Lipinski definition) is 0. The van der Waals surface area contributed by atoms with Gasteiger partial charge in [0.25, 0.3) is 0 Å². The maximum absolute atomic E-state index is 13.0. The van der Waals surface area contributed by atoms with Gasteiger partial charge >= 0.3 is 0 Å². The second-order valence-corrected chi connectivity index (χ2v) is 5.91. The third-order valence-corrected chi connectivity index (χ3v) is 4.47. The summed E-state index contributed by atoms with van der Waals surface area (Å²) in [6.45, 7) is 2.24. The maximum Gasteiger partial charge on any atom is 0.240 e. The zero-order chi connectivity index (χ0) is 16.4. The number of carbonyl (C=O) groups is 2. The minimum absolute atomic E-state index is 0.125. The lowest BCUT2D eigenvalue weighted by atomic mass is 9.81. The van der Waals surface area contributed by atoms with Gasteiger partial charge in [-0.25, -0.2) is 0 Å². The summed E-state index contributed by atoms with van der Waals surface area (Å²) in [6.07, 6.45) is 0.498. The van der Waals surface area contributed by atoms with Gasteiger partial charge in [0.2, 0.25) is 5.91 Å². The molecule has 4 heteroatoms. The Morgan fingerprint density at radius 3 is 2.43 bits per heavy atom. The van der Waals surface area contributed by atoms with E-state index in [1.165, 1.54) is 0 Å². The predicted octanol–water partition coefficient (Wildman–Crippen LogP) is 3.32. The molecule has 0 saturated carbocycles. The van der Waals surface area contributed by atoms with Gasteiger partial charge in [-0.3, -0.25) is 9.59 Å². The summed E-state index contributed by atoms with van der Waals surface area (Å²) in [5.41, 5.74) is 0.261. The van der Waals surface area contributed by atoms with E-state index in [4.69, 9.17) is 4.74 Å². The van der Waals surface area contributed by atoms with E-state index >= 15 is 0 Å². The molecule has 0 N–H and O–H groups in total. The Bertz CT molecular complexity index is 741. The number of anilines is 1. The van der Waals surface area contributed by atoms with Crippen LogP contribution in [0.2, 0.25) is 0 Å². The van der Waals surface area contributed by atoms with Crippen molar-refractivity contribution in [1.29, 1.82) is 0 Å². The number of ether oxygens (including phenoxy) is 1. The molecule has 1 heterocycles. The first kappa shape index (κ1) is 15.3. The first-order valence-corrected chi connectivity index (χ1v) is 7.63. The highest BCUT2D eigenvalue weighted by atomic mass is 16.5. The molecular weight excluding hydrogens is 290 g/mol. The van der Waals surface area contributed by atoms with Crippen LogP contribution in [0.5, 0.6) is 5.75 Å². The van der Waals surface area contributed by atoms with Crippen LogP contribution in [-0.2, 0) is 4.79 Å². The van der Waals surface area contributed by atoms with Crippen molar-refractivity contribution >= 4 is 17.4 Å². The van der Waals surface area contributed by atoms with Crippen molar-refractivity contribution in [1.82, 2.24) is 0 Å². The van der Waals surface area contributed by atoms with Gasteiger partial charge in [-0.15, -0.1) is 0 Å². The summed E-state index contributed by atoms with van der Waals surface area (Å²) >= 11 is 0. The van der Waals surface area contributed by atoms with E-state index in [2.05, 4.69) is 0 Å². The number of nitrogens with zero attached hydrogens (tertiary/aromatic N) is 1. The number of Topliss-reactive ketones (excluding diaryl/α,β-unsaturated/α-hetero) is 1. The van der Waals surface area contributed by atoms with Crippen LogP contribution in [0.3, 0.4) is 0 Å². The monoisotopic (exact) mass is 309 g/mol. The molecule has 118 valence electrons. The molecule has 4 nitrogen and oxygen atoms in total. The van der Waals surface area contributed by atoms with E-state index in [1.807, 2.05) is 42.5 Å². The topological polar surface area (TPSA) is 46.6 Å². The summed E-state index contributed by atoms with van der Waals surface area (Å²) < 4.78 is 5.34. The standard InChI is InChI=1S/C19H19NO3/c1-19(17(21)14-8-4-3-5-9-14)12-13-20(18(19)22)15-10-6-7-11-16(15)23-2/h3-11H,12-13H2,1-2H3/t19-/m0/s1. The van der Waals surface area contributed by atoms with Crippen LogP contribution < -0.4 is 9.64 Å². The maximum atomic E-state index is 13.0. The van der Waals surface area contributed by atoms with Gasteiger partial charge in [-0.05, 0) is 25.5 Å². The van der Waals surface area contributed by atoms with E-state index in [1.54, 1.807) is 31.1 Å². The highest BCUT2D eigenvalue weighted by molar-refractivity contribution is 6.19. The van der Waals surface area contributed by atoms with Crippen LogP contribution in [0.25, 0.3) is 0 Å². The fourth-order valence-corrected chi connectivity index (χ4v) is 3.04. The normalized spacial score (nSPS) is 20.6. The molecule has 2 aromatic carbocycles. The van der Waals surface area contributed by atoms with Gasteiger partial charge < -0.3 is 9.64 Å². The van der Waals surface area contributed by atoms with Crippen molar-refractivity contribution in [3.63, 3.8) is 0 Å². The summed E-state index contributed by atoms with van der Waals surface area (Å²) in [6, 6.07) is 16.4. The average molecular weight is 309 g/mol. The molecular formula is C19H19NO3. The predicted molar refractivity (Wildman–Crippen MR) is 88.8 cm³/mol. The molecule has 3 rings (SSSR count). The number of hydrogen-bond acceptors (Lipinski definition) is 3. The van der Waals surface area contributed by atoms with Crippen molar-refractivity contribution in [3.8, 4) is 5.75 Å². The second-order valence-electron chi connectivity index (χ2n) is 5.91. The largest absolute Gasteiger partial charge is 0.495 e. The molecule has 1 fully saturated rings. The van der Waals surface area contributed by atoms with Crippen molar-refractivity contribution in [2.45, 2.75) is 13.3 Å². The molecule has 1 amide bonds. The Morgan fingerprint density at radius 2 is 1.74 bits per heavy atom. The van der Waals surface area contributed by atoms with Crippen molar-refractivity contribution in [3.05, 3.63) is 60.2 Å². The highest BCUT2D eigenvalue weighted by Crippen LogP contribution is 2.40. The van der Waals surface area contributed by atoms with Crippen LogP contribution in [0.15, 0.2) is 54.6 Å². The summed E-state index contributed by atoms with van der Waals surface area (Å²) in [5.74, 6) is 0.341. The second kappa shape index (κ2) is 5.88. The number of rotatable bonds is 4. The van der Waals surface area contributed by atoms with E-state index in [9.17, 15) is 9.59 Å². The molecule has 2 aromatic rings. The first-order chi connectivity index (χ1) is 11.1. The zero-order valence-corrected chi connectivity index (χ0v) is 13.3. The van der Waals surface area contributed by atoms with Crippen molar-refractivity contribution in [2.75, 3.05) is 18.6 Å². The molecule has 1 atom stereocenters. The number of carbonyl (C=O) groups excluding carboxylic acids is 2. The number of para-hydroxylation sites is 2. The highest BCUT2D eigenvalue weighted by Gasteiger charge is 2.49. The van der Waals surface area contributed by atoms with Crippen LogP contribution in [0, 0.1) is 5.41 Å². The molecule has 0 aliphatic carbocycles. The Balaban J connectivity index is 1.93. The van der Waals surface area contributed by atoms with Gasteiger partial charge in [0, 0.05) is 12.1 Å². The lowest BCUT2D eigenvalue weighted by Gasteiger charge is -2.23. The summed E-state index contributed by atoms with van der Waals surface area (Å²) in [4.78, 5) is 27.4. The molecule has 0 radical (unpaired) electrons. The molecule has 0 spiro atoms. The van der Waals surface area contributed by atoms with Crippen LogP contribution in [-0.4, -0.2) is 25.3 Å². The molecule has 23 heavy (non-hydrogen) atoms. The molecule has 1 aliphatic rings. The minimum Gasteiger partial charge on any atom is -0.495 e. The quantitative estimate of drug-likeness (QED) is 0.643. The Labute approximate surface area is 135 Å². The number of amides is 1. The minimum atomic E-state index is -1.03. The lowest BCUT2D eigenvalue weighted by molar-refractivity contribution is -0.122. The SMILES string of the molecule is COc1ccccc1N1CC[C@@](C)(C(=O)c2ccccc2)C1=O. The number of methoxy groups -OCH3 is 1. The molecule has 1 aliphatic heterocycles. The van der Waals surface area contributed by atoms with Crippen LogP contribution in [0.1, 0.15) is 23.7 Å². The first-order valence-electron chi connectivity index (χ1n) is 7.63. The average Bonchev–Trinajstić information content (AvgIpc) is 2.91. The number of benzene rings is 2. The van der Waals surface area contributed by atoms with Gasteiger partial charge in [-0.2, -0.15) is 0 Å². The fourth-order valence-electron chi connectivity index (χ4n) is 3.04. The summed E-state index contributed by atoms with van der Waals surface area (Å²) in [7, 11) is 1.58. The Hall–Kier alpha value is -2.62. The van der Waals surface area contributed by atoms with Gasteiger partial charge in [0.1, 0.15) is 11.2 Å². The van der Waals surface area contributed by atoms with Crippen molar-refractivity contribution in [2.24, 2.45) is 5.41 Å². The third kappa shape index (κ3) is 2.50. The Kier molecular flexibility index (Phi) is 3.90. The summed E-state index contributed by atoms with van der Waals surface area (Å²) in [5, 5.41) is 0. The van der Waals surface area contributed by atoms with E-state index < -0.39 is 5.41 Å². The lowest BCUT2D eigenvalue weighted by Crippen LogP contribution is -2.38. The molecule has 1 saturated heterocycles. The van der Waals surface area contributed by atoms with Gasteiger partial charge in [0.15, 0.2) is 5.78 Å². The van der Waals surface area contributed by atoms with E-state index in [0.29, 0.717) is 30.0 Å². The van der Waals surface area contributed by atoms with E-state index in [0.717, 1.165) is 0 Å². The third-order valence-electron chi connectivity index (χ3n) is 4.47. The van der Waals surface area contributed by atoms with Gasteiger partial charge in [-0.1, -0.05) is 42.5 Å². The van der Waals surface area contributed by atoms with Gasteiger partial charge in [0.05, 0.1) is 12.8 Å². The van der Waals surface area contributed by atoms with Crippen LogP contribution >= 0.6 is 0 Å². The molecule has 0 aromatic heterocycles. The molecule has 0 bridgehead atoms. The molecule has 0 unspecified atom stereocenters. The Morgan fingerprint density at radius 1 is 1.09 bits per heavy atom. The van der Waals surface area contributed by atoms with Crippen LogP contribution in [0.4, 0.5) is 5.69 Å². The van der Waals surface area contributed by atoms with Crippen molar-refractivity contribution < 1.29 is 14.3 Å². The number of ketones is 1. The zero-order valence-electron chi connectivity index (χ0n) is 13.3. The van der Waals surface area contributed by atoms with E-state index in [-0.39, 0.29) is 11.7 Å².